The van der Waals surface area contributed by atoms with Crippen LogP contribution in [0, 0.1) is 10.1 Å². The van der Waals surface area contributed by atoms with Gasteiger partial charge in [-0.05, 0) is 6.07 Å². The number of carbonyl (C=O) groups is 1. The molecule has 0 saturated carbocycles. The highest BCUT2D eigenvalue weighted by molar-refractivity contribution is 7.80. The van der Waals surface area contributed by atoms with Crippen molar-refractivity contribution in [2.24, 2.45) is 0 Å². The maximum atomic E-state index is 10.7. The van der Waals surface area contributed by atoms with Gasteiger partial charge in [-0.25, -0.2) is 0 Å². The van der Waals surface area contributed by atoms with E-state index in [1.54, 1.807) is 0 Å². The molecule has 0 radical (unpaired) electrons. The van der Waals surface area contributed by atoms with Crippen LogP contribution in [0.5, 0.6) is 0 Å². The van der Waals surface area contributed by atoms with Crippen molar-refractivity contribution >= 4 is 35.3 Å². The van der Waals surface area contributed by atoms with Gasteiger partial charge in [0, 0.05) is 5.75 Å². The predicted octanol–water partition coefficient (Wildman–Crippen LogP) is 0.793. The van der Waals surface area contributed by atoms with Crippen LogP contribution in [0.15, 0.2) is 6.07 Å². The highest BCUT2D eigenvalue weighted by atomic mass is 32.1. The maximum Gasteiger partial charge on any atom is 0.330 e. The number of nitro groups is 1. The molecule has 88 valence electrons. The predicted molar refractivity (Wildman–Crippen MR) is 61.2 cm³/mol. The first-order valence-electron chi connectivity index (χ1n) is 4.21. The van der Waals surface area contributed by atoms with Crippen LogP contribution in [0.25, 0.3) is 0 Å². The summed E-state index contributed by atoms with van der Waals surface area (Å²) in [6.07, 6.45) is -2.17. The van der Waals surface area contributed by atoms with Crippen molar-refractivity contribution in [3.05, 3.63) is 26.6 Å². The number of aliphatic hydroxyl groups is 2. The highest BCUT2D eigenvalue weighted by Crippen LogP contribution is 2.35. The quantitative estimate of drug-likeness (QED) is 0.315. The summed E-state index contributed by atoms with van der Waals surface area (Å²) >= 11 is 4.44. The minimum absolute atomic E-state index is 0.0371. The first-order chi connectivity index (χ1) is 7.51. The average molecular weight is 263 g/mol. The minimum atomic E-state index is -1.41. The molecule has 16 heavy (non-hydrogen) atoms. The van der Waals surface area contributed by atoms with Crippen LogP contribution in [-0.4, -0.2) is 33.3 Å². The Labute approximate surface area is 100 Å². The molecule has 0 fully saturated rings. The Morgan fingerprint density at radius 2 is 2.25 bits per heavy atom. The molecule has 0 saturated heterocycles. The Kier molecular flexibility index (Phi) is 4.42. The third-order valence-electron chi connectivity index (χ3n) is 1.91. The smallest absolute Gasteiger partial charge is 0.330 e. The van der Waals surface area contributed by atoms with Crippen molar-refractivity contribution in [3.8, 4) is 0 Å². The second kappa shape index (κ2) is 5.39. The average Bonchev–Trinajstić information content (AvgIpc) is 2.71. The van der Waals surface area contributed by atoms with E-state index >= 15 is 0 Å². The molecular formula is C8H9NO5S2. The molecule has 0 aromatic carbocycles. The van der Waals surface area contributed by atoms with Gasteiger partial charge in [0.25, 0.3) is 0 Å². The Morgan fingerprint density at radius 1 is 1.62 bits per heavy atom. The van der Waals surface area contributed by atoms with Gasteiger partial charge in [-0.15, -0.1) is 0 Å². The van der Waals surface area contributed by atoms with Gasteiger partial charge in [0.05, 0.1) is 21.5 Å². The summed E-state index contributed by atoms with van der Waals surface area (Å²) in [6.45, 7) is 0. The zero-order chi connectivity index (χ0) is 12.3. The molecule has 1 aromatic rings. The highest BCUT2D eigenvalue weighted by Gasteiger charge is 2.28. The molecule has 8 heteroatoms. The van der Waals surface area contributed by atoms with Crippen LogP contribution in [-0.2, 0) is 0 Å². The lowest BCUT2D eigenvalue weighted by molar-refractivity contribution is -0.381. The van der Waals surface area contributed by atoms with Gasteiger partial charge >= 0.3 is 5.00 Å². The molecule has 1 aromatic heterocycles. The number of aliphatic hydroxyl groups excluding tert-OH is 2. The van der Waals surface area contributed by atoms with E-state index in [9.17, 15) is 25.1 Å². The molecule has 1 heterocycles. The third-order valence-corrected chi connectivity index (χ3v) is 3.31. The number of hydrogen-bond donors (Lipinski definition) is 3. The Bertz CT molecular complexity index is 405. The van der Waals surface area contributed by atoms with E-state index in [1.807, 2.05) is 0 Å². The van der Waals surface area contributed by atoms with Gasteiger partial charge in [-0.1, -0.05) is 11.3 Å². The first-order valence-corrected chi connectivity index (χ1v) is 5.66. The third kappa shape index (κ3) is 2.59. The van der Waals surface area contributed by atoms with Gasteiger partial charge in [0.15, 0.2) is 6.29 Å². The lowest BCUT2D eigenvalue weighted by Crippen LogP contribution is -2.19. The maximum absolute atomic E-state index is 10.7. The van der Waals surface area contributed by atoms with Crippen molar-refractivity contribution in [2.75, 3.05) is 5.75 Å². The fourth-order valence-corrected chi connectivity index (χ4v) is 2.16. The largest absolute Gasteiger partial charge is 0.389 e. The number of nitrogens with zero attached hydrogens (tertiary/aromatic N) is 1. The van der Waals surface area contributed by atoms with Crippen molar-refractivity contribution in [3.63, 3.8) is 0 Å². The van der Waals surface area contributed by atoms with E-state index < -0.39 is 17.1 Å². The monoisotopic (exact) mass is 263 g/mol. The van der Waals surface area contributed by atoms with Gasteiger partial charge in [-0.2, -0.15) is 12.6 Å². The number of thiophene rings is 1. The van der Waals surface area contributed by atoms with Crippen molar-refractivity contribution in [1.29, 1.82) is 0 Å². The number of aldehydes is 1. The molecule has 0 aliphatic carbocycles. The summed E-state index contributed by atoms with van der Waals surface area (Å²) in [4.78, 5) is 20.6. The number of rotatable bonds is 5. The molecular weight excluding hydrogens is 254 g/mol. The zero-order valence-electron chi connectivity index (χ0n) is 7.94. The summed E-state index contributed by atoms with van der Waals surface area (Å²) in [5.41, 5.74) is -0.0568. The summed E-state index contributed by atoms with van der Waals surface area (Å²) in [7, 11) is 0. The second-order valence-corrected chi connectivity index (χ2v) is 4.41. The zero-order valence-corrected chi connectivity index (χ0v) is 9.65. The Balaban J connectivity index is 3.15. The van der Waals surface area contributed by atoms with Gasteiger partial charge < -0.3 is 10.2 Å². The standard InChI is InChI=1S/C8H9NO5S2/c10-2-4-1-5(7(12)6(11)3-15)8(16-4)9(13)14/h1-2,6-7,11-12,15H,3H2. The minimum Gasteiger partial charge on any atom is -0.389 e. The summed E-state index contributed by atoms with van der Waals surface area (Å²) in [6, 6.07) is 1.20. The molecule has 2 atom stereocenters. The topological polar surface area (TPSA) is 101 Å². The van der Waals surface area contributed by atoms with Gasteiger partial charge in [0.1, 0.15) is 6.10 Å². The van der Waals surface area contributed by atoms with Crippen LogP contribution in [0.2, 0.25) is 0 Å². The summed E-state index contributed by atoms with van der Waals surface area (Å²) in [5, 5.41) is 29.3. The van der Waals surface area contributed by atoms with E-state index in [-0.39, 0.29) is 21.2 Å². The van der Waals surface area contributed by atoms with Gasteiger partial charge in [-0.3, -0.25) is 14.9 Å². The normalized spacial score (nSPS) is 14.4. The fourth-order valence-electron chi connectivity index (χ4n) is 1.13. The van der Waals surface area contributed by atoms with Gasteiger partial charge in [0.2, 0.25) is 0 Å². The Morgan fingerprint density at radius 3 is 2.69 bits per heavy atom. The van der Waals surface area contributed by atoms with Crippen LogP contribution in [0.1, 0.15) is 21.3 Å². The van der Waals surface area contributed by atoms with E-state index in [2.05, 4.69) is 12.6 Å². The number of thiol groups is 1. The molecule has 2 N–H and O–H groups in total. The fraction of sp³-hybridized carbons (Fsp3) is 0.375. The SMILES string of the molecule is O=Cc1cc(C(O)C(O)CS)c([N+](=O)[O-])s1. The molecule has 0 aliphatic heterocycles. The van der Waals surface area contributed by atoms with E-state index in [0.29, 0.717) is 17.6 Å². The lowest BCUT2D eigenvalue weighted by Gasteiger charge is -2.13. The molecule has 0 amide bonds. The molecule has 0 aliphatic rings. The van der Waals surface area contributed by atoms with Crippen LogP contribution in [0.4, 0.5) is 5.00 Å². The Hall–Kier alpha value is -0.960. The molecule has 0 spiro atoms. The summed E-state index contributed by atoms with van der Waals surface area (Å²) < 4.78 is 0. The van der Waals surface area contributed by atoms with Crippen LogP contribution < -0.4 is 0 Å². The second-order valence-electron chi connectivity index (χ2n) is 2.98. The van der Waals surface area contributed by atoms with Crippen molar-refractivity contribution in [2.45, 2.75) is 12.2 Å². The summed E-state index contributed by atoms with van der Waals surface area (Å²) in [5.74, 6) is -0.0371. The van der Waals surface area contributed by atoms with Crippen molar-refractivity contribution in [1.82, 2.24) is 0 Å². The van der Waals surface area contributed by atoms with Crippen molar-refractivity contribution < 1.29 is 19.9 Å². The van der Waals surface area contributed by atoms with Crippen LogP contribution in [0.3, 0.4) is 0 Å². The molecule has 2 unspecified atom stereocenters. The molecule has 6 nitrogen and oxygen atoms in total. The van der Waals surface area contributed by atoms with E-state index in [1.165, 1.54) is 6.07 Å². The number of hydrogen-bond acceptors (Lipinski definition) is 7. The molecule has 1 rings (SSSR count). The number of carbonyl (C=O) groups excluding carboxylic acids is 1. The molecule has 0 bridgehead atoms. The van der Waals surface area contributed by atoms with E-state index in [4.69, 9.17) is 0 Å². The lowest BCUT2D eigenvalue weighted by atomic mass is 10.1. The van der Waals surface area contributed by atoms with E-state index in [0.717, 1.165) is 0 Å². The van der Waals surface area contributed by atoms with Crippen LogP contribution >= 0.6 is 24.0 Å². The first kappa shape index (κ1) is 13.1.